The van der Waals surface area contributed by atoms with E-state index in [0.29, 0.717) is 6.04 Å². The first-order valence-corrected chi connectivity index (χ1v) is 8.03. The molecule has 0 spiro atoms. The Hall–Kier alpha value is 0.1000. The molecule has 0 saturated carbocycles. The Bertz CT molecular complexity index is 345. The molecule has 0 amide bonds. The van der Waals surface area contributed by atoms with Crippen molar-refractivity contribution in [3.8, 4) is 0 Å². The molecule has 2 nitrogen and oxygen atoms in total. The smallest absolute Gasteiger partial charge is 0.0456 e. The first kappa shape index (κ1) is 13.5. The van der Waals surface area contributed by atoms with Crippen molar-refractivity contribution < 1.29 is 0 Å². The molecule has 0 bridgehead atoms. The van der Waals surface area contributed by atoms with Crippen LogP contribution in [-0.2, 0) is 0 Å². The maximum absolute atomic E-state index is 3.69. The first-order chi connectivity index (χ1) is 8.18. The van der Waals surface area contributed by atoms with Crippen LogP contribution in [0.3, 0.4) is 0 Å². The largest absolute Gasteiger partial charge is 0.314 e. The third kappa shape index (κ3) is 3.53. The van der Waals surface area contributed by atoms with Crippen LogP contribution >= 0.6 is 27.3 Å². The van der Waals surface area contributed by atoms with Crippen LogP contribution in [0.5, 0.6) is 0 Å². The zero-order valence-corrected chi connectivity index (χ0v) is 13.0. The van der Waals surface area contributed by atoms with E-state index in [1.54, 1.807) is 0 Å². The molecule has 4 heteroatoms. The van der Waals surface area contributed by atoms with Gasteiger partial charge >= 0.3 is 0 Å². The average molecular weight is 317 g/mol. The molecule has 0 aromatic carbocycles. The number of piperazine rings is 1. The van der Waals surface area contributed by atoms with Gasteiger partial charge in [0, 0.05) is 41.6 Å². The third-order valence-electron chi connectivity index (χ3n) is 3.23. The topological polar surface area (TPSA) is 15.3 Å². The van der Waals surface area contributed by atoms with Crippen molar-refractivity contribution in [1.82, 2.24) is 10.2 Å². The Labute approximate surface area is 117 Å². The second-order valence-corrected chi connectivity index (χ2v) is 6.87. The third-order valence-corrected chi connectivity index (χ3v) is 5.21. The number of halogens is 1. The van der Waals surface area contributed by atoms with E-state index in [-0.39, 0.29) is 0 Å². The highest BCUT2D eigenvalue weighted by molar-refractivity contribution is 9.10. The fourth-order valence-electron chi connectivity index (χ4n) is 2.41. The van der Waals surface area contributed by atoms with Gasteiger partial charge in [0.1, 0.15) is 0 Å². The fourth-order valence-corrected chi connectivity index (χ4v) is 4.19. The summed E-state index contributed by atoms with van der Waals surface area (Å²) in [6.07, 6.45) is 1.25. The molecule has 0 aliphatic carbocycles. The van der Waals surface area contributed by atoms with E-state index in [1.165, 1.54) is 28.9 Å². The number of nitrogens with zero attached hydrogens (tertiary/aromatic N) is 1. The van der Waals surface area contributed by atoms with E-state index < -0.39 is 0 Å². The summed E-state index contributed by atoms with van der Waals surface area (Å²) >= 11 is 5.58. The van der Waals surface area contributed by atoms with Gasteiger partial charge in [-0.3, -0.25) is 4.90 Å². The highest BCUT2D eigenvalue weighted by Crippen LogP contribution is 2.36. The molecular formula is C13H21BrN2S. The lowest BCUT2D eigenvalue weighted by Gasteiger charge is -2.35. The lowest BCUT2D eigenvalue weighted by molar-refractivity contribution is 0.156. The summed E-state index contributed by atoms with van der Waals surface area (Å²) < 4.78 is 1.28. The zero-order valence-electron chi connectivity index (χ0n) is 10.6. The van der Waals surface area contributed by atoms with Crippen LogP contribution in [0.2, 0.25) is 0 Å². The van der Waals surface area contributed by atoms with Crippen molar-refractivity contribution in [3.05, 3.63) is 20.8 Å². The van der Waals surface area contributed by atoms with E-state index >= 15 is 0 Å². The van der Waals surface area contributed by atoms with E-state index in [2.05, 4.69) is 51.4 Å². The van der Waals surface area contributed by atoms with Crippen LogP contribution in [0.15, 0.2) is 15.9 Å². The second-order valence-electron chi connectivity index (χ2n) is 5.06. The van der Waals surface area contributed by atoms with Gasteiger partial charge in [-0.2, -0.15) is 0 Å². The summed E-state index contributed by atoms with van der Waals surface area (Å²) in [7, 11) is 0. The minimum absolute atomic E-state index is 0.589. The number of thiophene rings is 1. The van der Waals surface area contributed by atoms with Gasteiger partial charge in [-0.05, 0) is 39.7 Å². The molecule has 1 aromatic rings. The summed E-state index contributed by atoms with van der Waals surface area (Å²) in [6, 6.07) is 2.77. The minimum atomic E-state index is 0.589. The summed E-state index contributed by atoms with van der Waals surface area (Å²) in [5, 5.41) is 5.62. The number of nitrogens with one attached hydrogen (secondary N) is 1. The van der Waals surface area contributed by atoms with Crippen LogP contribution < -0.4 is 5.32 Å². The number of rotatable bonds is 4. The van der Waals surface area contributed by atoms with Crippen molar-refractivity contribution in [2.24, 2.45) is 5.92 Å². The molecule has 1 aliphatic rings. The highest BCUT2D eigenvalue weighted by Gasteiger charge is 2.25. The van der Waals surface area contributed by atoms with Gasteiger partial charge in [0.2, 0.25) is 0 Å². The van der Waals surface area contributed by atoms with Crippen LogP contribution in [0.4, 0.5) is 0 Å². The van der Waals surface area contributed by atoms with Gasteiger partial charge in [0.05, 0.1) is 0 Å². The van der Waals surface area contributed by atoms with E-state index in [0.717, 1.165) is 19.0 Å². The van der Waals surface area contributed by atoms with Crippen LogP contribution in [-0.4, -0.2) is 31.1 Å². The molecule has 1 N–H and O–H groups in total. The molecule has 1 fully saturated rings. The predicted molar refractivity (Wildman–Crippen MR) is 78.7 cm³/mol. The molecule has 96 valence electrons. The quantitative estimate of drug-likeness (QED) is 0.914. The van der Waals surface area contributed by atoms with Gasteiger partial charge < -0.3 is 5.32 Å². The Morgan fingerprint density at radius 1 is 1.41 bits per heavy atom. The summed E-state index contributed by atoms with van der Waals surface area (Å²) in [4.78, 5) is 4.13. The van der Waals surface area contributed by atoms with Crippen LogP contribution in [0, 0.1) is 5.92 Å². The van der Waals surface area contributed by atoms with Crippen molar-refractivity contribution in [3.63, 3.8) is 0 Å². The van der Waals surface area contributed by atoms with Crippen LogP contribution in [0.25, 0.3) is 0 Å². The SMILES string of the molecule is CC(C)C[C@@H](c1sccc1Br)N1CCNCC1. The Morgan fingerprint density at radius 3 is 2.65 bits per heavy atom. The van der Waals surface area contributed by atoms with E-state index in [1.807, 2.05) is 11.3 Å². The standard InChI is InChI=1S/C13H21BrN2S/c1-10(2)9-12(13-11(14)3-8-17-13)16-6-4-15-5-7-16/h3,8,10,12,15H,4-7,9H2,1-2H3/t12-/m0/s1. The predicted octanol–water partition coefficient (Wildman–Crippen LogP) is 3.50. The van der Waals surface area contributed by atoms with E-state index in [4.69, 9.17) is 0 Å². The fraction of sp³-hybridized carbons (Fsp3) is 0.692. The molecule has 2 heterocycles. The molecule has 1 aliphatic heterocycles. The summed E-state index contributed by atoms with van der Waals surface area (Å²) in [5.74, 6) is 0.740. The van der Waals surface area contributed by atoms with Crippen molar-refractivity contribution in [2.75, 3.05) is 26.2 Å². The Kier molecular flexibility index (Phi) is 5.03. The Morgan fingerprint density at radius 2 is 2.12 bits per heavy atom. The van der Waals surface area contributed by atoms with Crippen molar-refractivity contribution in [1.29, 1.82) is 0 Å². The first-order valence-electron chi connectivity index (χ1n) is 6.36. The molecule has 2 rings (SSSR count). The van der Waals surface area contributed by atoms with Gasteiger partial charge in [0.25, 0.3) is 0 Å². The molecule has 17 heavy (non-hydrogen) atoms. The van der Waals surface area contributed by atoms with Crippen LogP contribution in [0.1, 0.15) is 31.2 Å². The highest BCUT2D eigenvalue weighted by atomic mass is 79.9. The maximum atomic E-state index is 3.69. The van der Waals surface area contributed by atoms with Gasteiger partial charge in [-0.15, -0.1) is 11.3 Å². The normalized spacial score (nSPS) is 19.8. The van der Waals surface area contributed by atoms with Crippen molar-refractivity contribution >= 4 is 27.3 Å². The zero-order chi connectivity index (χ0) is 12.3. The lowest BCUT2D eigenvalue weighted by atomic mass is 10.0. The number of hydrogen-bond acceptors (Lipinski definition) is 3. The van der Waals surface area contributed by atoms with E-state index in [9.17, 15) is 0 Å². The summed E-state index contributed by atoms with van der Waals surface area (Å²) in [5.41, 5.74) is 0. The van der Waals surface area contributed by atoms with Gasteiger partial charge in [-0.25, -0.2) is 0 Å². The lowest BCUT2D eigenvalue weighted by Crippen LogP contribution is -2.45. The Balaban J connectivity index is 2.15. The monoisotopic (exact) mass is 316 g/mol. The molecule has 1 atom stereocenters. The molecule has 1 aromatic heterocycles. The summed E-state index contributed by atoms with van der Waals surface area (Å²) in [6.45, 7) is 9.21. The molecule has 0 unspecified atom stereocenters. The number of hydrogen-bond donors (Lipinski definition) is 1. The average Bonchev–Trinajstić information content (AvgIpc) is 2.73. The maximum Gasteiger partial charge on any atom is 0.0456 e. The molecule has 1 saturated heterocycles. The minimum Gasteiger partial charge on any atom is -0.314 e. The molecular weight excluding hydrogens is 296 g/mol. The van der Waals surface area contributed by atoms with Crippen molar-refractivity contribution in [2.45, 2.75) is 26.3 Å². The van der Waals surface area contributed by atoms with Gasteiger partial charge in [0.15, 0.2) is 0 Å². The van der Waals surface area contributed by atoms with Gasteiger partial charge in [-0.1, -0.05) is 13.8 Å². The molecule has 0 radical (unpaired) electrons. The second kappa shape index (κ2) is 6.32.